The highest BCUT2D eigenvalue weighted by molar-refractivity contribution is 6.01. The Morgan fingerprint density at radius 1 is 1.29 bits per heavy atom. The van der Waals surface area contributed by atoms with Gasteiger partial charge in [-0.2, -0.15) is 0 Å². The predicted molar refractivity (Wildman–Crippen MR) is 82.2 cm³/mol. The Kier molecular flexibility index (Phi) is 2.91. The summed E-state index contributed by atoms with van der Waals surface area (Å²) in [5.41, 5.74) is 2.89. The summed E-state index contributed by atoms with van der Waals surface area (Å²) in [6.07, 6.45) is 0.360. The van der Waals surface area contributed by atoms with Gasteiger partial charge in [0.1, 0.15) is 0 Å². The third-order valence-electron chi connectivity index (χ3n) is 5.78. The molecule has 0 aromatic heterocycles. The third kappa shape index (κ3) is 2.13. The molecule has 0 atom stereocenters. The summed E-state index contributed by atoms with van der Waals surface area (Å²) < 4.78 is 0. The molecule has 1 aliphatic carbocycles. The van der Waals surface area contributed by atoms with E-state index in [2.05, 4.69) is 38.3 Å². The van der Waals surface area contributed by atoms with Crippen LogP contribution in [0.3, 0.4) is 0 Å². The summed E-state index contributed by atoms with van der Waals surface area (Å²) in [6, 6.07) is 5.38. The standard InChI is InChI=1S/C17H22N2O2/c1-16(2)13(17(16,3)4)9-18-15(21)10-5-6-12-11(7-10)8-14(20)19-12/h5-7,13H,8-9H2,1-4H3,(H,18,21)(H,19,20). The molecule has 0 bridgehead atoms. The first kappa shape index (κ1) is 14.1. The van der Waals surface area contributed by atoms with Crippen LogP contribution in [0.5, 0.6) is 0 Å². The highest BCUT2D eigenvalue weighted by atomic mass is 16.2. The van der Waals surface area contributed by atoms with Crippen molar-refractivity contribution in [3.8, 4) is 0 Å². The third-order valence-corrected chi connectivity index (χ3v) is 5.78. The van der Waals surface area contributed by atoms with Gasteiger partial charge in [-0.3, -0.25) is 9.59 Å². The Hall–Kier alpha value is -1.84. The van der Waals surface area contributed by atoms with Gasteiger partial charge in [0.25, 0.3) is 5.91 Å². The van der Waals surface area contributed by atoms with Gasteiger partial charge in [0.15, 0.2) is 0 Å². The van der Waals surface area contributed by atoms with Gasteiger partial charge >= 0.3 is 0 Å². The van der Waals surface area contributed by atoms with Crippen molar-refractivity contribution in [1.29, 1.82) is 0 Å². The molecular formula is C17H22N2O2. The van der Waals surface area contributed by atoms with Crippen LogP contribution >= 0.6 is 0 Å². The van der Waals surface area contributed by atoms with E-state index >= 15 is 0 Å². The first-order valence-electron chi connectivity index (χ1n) is 7.44. The molecule has 4 nitrogen and oxygen atoms in total. The maximum absolute atomic E-state index is 12.3. The molecule has 0 spiro atoms. The van der Waals surface area contributed by atoms with Crippen molar-refractivity contribution in [2.24, 2.45) is 16.7 Å². The Labute approximate surface area is 125 Å². The van der Waals surface area contributed by atoms with Gasteiger partial charge in [0.05, 0.1) is 6.42 Å². The van der Waals surface area contributed by atoms with E-state index in [1.165, 1.54) is 0 Å². The van der Waals surface area contributed by atoms with E-state index in [4.69, 9.17) is 0 Å². The maximum Gasteiger partial charge on any atom is 0.251 e. The van der Waals surface area contributed by atoms with Crippen LogP contribution < -0.4 is 10.6 Å². The Morgan fingerprint density at radius 2 is 1.95 bits per heavy atom. The lowest BCUT2D eigenvalue weighted by Crippen LogP contribution is -2.27. The van der Waals surface area contributed by atoms with E-state index in [9.17, 15) is 9.59 Å². The number of hydrogen-bond donors (Lipinski definition) is 2. The van der Waals surface area contributed by atoms with Gasteiger partial charge in [-0.1, -0.05) is 27.7 Å². The van der Waals surface area contributed by atoms with E-state index in [0.717, 1.165) is 11.3 Å². The fourth-order valence-corrected chi connectivity index (χ4v) is 3.51. The van der Waals surface area contributed by atoms with Gasteiger partial charge < -0.3 is 10.6 Å². The zero-order valence-corrected chi connectivity index (χ0v) is 13.0. The molecule has 0 radical (unpaired) electrons. The molecule has 0 unspecified atom stereocenters. The quantitative estimate of drug-likeness (QED) is 0.897. The number of carbonyl (C=O) groups is 2. The first-order valence-corrected chi connectivity index (χ1v) is 7.44. The Balaban J connectivity index is 1.65. The second-order valence-corrected chi connectivity index (χ2v) is 7.30. The first-order chi connectivity index (χ1) is 9.73. The molecule has 112 valence electrons. The van der Waals surface area contributed by atoms with E-state index in [-0.39, 0.29) is 22.6 Å². The number of hydrogen-bond acceptors (Lipinski definition) is 2. The minimum absolute atomic E-state index is 0.0102. The topological polar surface area (TPSA) is 58.2 Å². The minimum Gasteiger partial charge on any atom is -0.352 e. The average Bonchev–Trinajstić information content (AvgIpc) is 2.70. The highest BCUT2D eigenvalue weighted by Crippen LogP contribution is 2.67. The summed E-state index contributed by atoms with van der Waals surface area (Å²) in [6.45, 7) is 9.69. The van der Waals surface area contributed by atoms with Crippen molar-refractivity contribution in [3.05, 3.63) is 29.3 Å². The minimum atomic E-state index is -0.0596. The van der Waals surface area contributed by atoms with Crippen molar-refractivity contribution in [2.45, 2.75) is 34.1 Å². The molecule has 3 rings (SSSR count). The number of anilines is 1. The van der Waals surface area contributed by atoms with Crippen LogP contribution in [-0.2, 0) is 11.2 Å². The largest absolute Gasteiger partial charge is 0.352 e. The lowest BCUT2D eigenvalue weighted by molar-refractivity contribution is -0.115. The summed E-state index contributed by atoms with van der Waals surface area (Å²) in [4.78, 5) is 23.6. The van der Waals surface area contributed by atoms with E-state index in [1.807, 2.05) is 6.07 Å². The van der Waals surface area contributed by atoms with Gasteiger partial charge in [-0.25, -0.2) is 0 Å². The lowest BCUT2D eigenvalue weighted by Gasteiger charge is -2.08. The zero-order chi connectivity index (χ0) is 15.4. The fourth-order valence-electron chi connectivity index (χ4n) is 3.51. The molecule has 1 fully saturated rings. The number of benzene rings is 1. The number of nitrogens with one attached hydrogen (secondary N) is 2. The van der Waals surface area contributed by atoms with Crippen LogP contribution in [0.4, 0.5) is 5.69 Å². The number of amides is 2. The molecule has 21 heavy (non-hydrogen) atoms. The van der Waals surface area contributed by atoms with Crippen LogP contribution in [0.15, 0.2) is 18.2 Å². The summed E-state index contributed by atoms with van der Waals surface area (Å²) in [7, 11) is 0. The lowest BCUT2D eigenvalue weighted by atomic mass is 10.0. The van der Waals surface area contributed by atoms with E-state index < -0.39 is 0 Å². The highest BCUT2D eigenvalue weighted by Gasteiger charge is 2.64. The molecule has 4 heteroatoms. The van der Waals surface area contributed by atoms with Gasteiger partial charge in [0, 0.05) is 17.8 Å². The average molecular weight is 286 g/mol. The van der Waals surface area contributed by atoms with Crippen LogP contribution in [0.1, 0.15) is 43.6 Å². The Morgan fingerprint density at radius 3 is 2.57 bits per heavy atom. The van der Waals surface area contributed by atoms with Gasteiger partial charge in [-0.15, -0.1) is 0 Å². The second-order valence-electron chi connectivity index (χ2n) is 7.30. The van der Waals surface area contributed by atoms with Crippen molar-refractivity contribution in [2.75, 3.05) is 11.9 Å². The normalized spacial score (nSPS) is 21.6. The Bertz CT molecular complexity index is 618. The molecule has 1 aliphatic heterocycles. The van der Waals surface area contributed by atoms with Crippen molar-refractivity contribution >= 4 is 17.5 Å². The molecule has 2 N–H and O–H groups in total. The maximum atomic E-state index is 12.3. The fraction of sp³-hybridized carbons (Fsp3) is 0.529. The number of rotatable bonds is 3. The van der Waals surface area contributed by atoms with Crippen LogP contribution in [0.25, 0.3) is 0 Å². The summed E-state index contributed by atoms with van der Waals surface area (Å²) in [5, 5.41) is 5.80. The molecule has 1 aromatic carbocycles. The predicted octanol–water partition coefficient (Wildman–Crippen LogP) is 2.59. The van der Waals surface area contributed by atoms with Crippen molar-refractivity contribution in [3.63, 3.8) is 0 Å². The molecule has 1 heterocycles. The van der Waals surface area contributed by atoms with Crippen molar-refractivity contribution < 1.29 is 9.59 Å². The van der Waals surface area contributed by atoms with Crippen LogP contribution in [0.2, 0.25) is 0 Å². The number of carbonyl (C=O) groups excluding carboxylic acids is 2. The smallest absolute Gasteiger partial charge is 0.251 e. The summed E-state index contributed by atoms with van der Waals surface area (Å²) in [5.74, 6) is 0.436. The van der Waals surface area contributed by atoms with Crippen molar-refractivity contribution in [1.82, 2.24) is 5.32 Å². The summed E-state index contributed by atoms with van der Waals surface area (Å²) >= 11 is 0. The second kappa shape index (κ2) is 4.33. The molecule has 2 amide bonds. The van der Waals surface area contributed by atoms with Crippen LogP contribution in [-0.4, -0.2) is 18.4 Å². The van der Waals surface area contributed by atoms with Gasteiger partial charge in [-0.05, 0) is 40.5 Å². The molecule has 1 aromatic rings. The molecular weight excluding hydrogens is 264 g/mol. The SMILES string of the molecule is CC1(C)C(CNC(=O)c2ccc3c(c2)CC(=O)N3)C1(C)C. The van der Waals surface area contributed by atoms with E-state index in [0.29, 0.717) is 24.4 Å². The number of fused-ring (bicyclic) bond motifs is 1. The molecule has 2 aliphatic rings. The van der Waals surface area contributed by atoms with E-state index in [1.54, 1.807) is 12.1 Å². The molecule has 0 saturated heterocycles. The van der Waals surface area contributed by atoms with Gasteiger partial charge in [0.2, 0.25) is 5.91 Å². The zero-order valence-electron chi connectivity index (χ0n) is 13.0. The van der Waals surface area contributed by atoms with Crippen LogP contribution in [0, 0.1) is 16.7 Å². The monoisotopic (exact) mass is 286 g/mol. The molecule has 1 saturated carbocycles.